The van der Waals surface area contributed by atoms with Gasteiger partial charge in [-0.1, -0.05) is 18.2 Å². The van der Waals surface area contributed by atoms with E-state index in [1.54, 1.807) is 7.11 Å². The van der Waals surface area contributed by atoms with E-state index in [1.165, 1.54) is 35.9 Å². The minimum absolute atomic E-state index is 0.240. The molecule has 0 saturated heterocycles. The molecule has 4 rings (SSSR count). The Morgan fingerprint density at radius 3 is 3.04 bits per heavy atom. The third-order valence-corrected chi connectivity index (χ3v) is 5.75. The van der Waals surface area contributed by atoms with Gasteiger partial charge in [-0.25, -0.2) is 0 Å². The van der Waals surface area contributed by atoms with Crippen molar-refractivity contribution in [1.29, 1.82) is 0 Å². The number of nitrogens with zero attached hydrogens (tertiary/aromatic N) is 2. The lowest BCUT2D eigenvalue weighted by Gasteiger charge is -2.30. The topological polar surface area (TPSA) is 55.6 Å². The second-order valence-corrected chi connectivity index (χ2v) is 7.62. The molecule has 2 aromatic carbocycles. The van der Waals surface area contributed by atoms with Gasteiger partial charge in [0.05, 0.1) is 12.5 Å². The molecule has 28 heavy (non-hydrogen) atoms. The zero-order chi connectivity index (χ0) is 19.5. The maximum absolute atomic E-state index is 11.7. The molecule has 0 saturated carbocycles. The predicted octanol–water partition coefficient (Wildman–Crippen LogP) is 3.79. The molecule has 1 aliphatic carbocycles. The lowest BCUT2D eigenvalue weighted by Crippen LogP contribution is -2.28. The van der Waals surface area contributed by atoms with Crippen LogP contribution in [0.25, 0.3) is 11.0 Å². The fourth-order valence-corrected chi connectivity index (χ4v) is 4.28. The molecular weight excluding hydrogens is 352 g/mol. The lowest BCUT2D eigenvalue weighted by atomic mass is 9.82. The Morgan fingerprint density at radius 1 is 1.29 bits per heavy atom. The fourth-order valence-electron chi connectivity index (χ4n) is 4.28. The Kier molecular flexibility index (Phi) is 5.44. The number of benzene rings is 2. The summed E-state index contributed by atoms with van der Waals surface area (Å²) in [7, 11) is 3.94. The van der Waals surface area contributed by atoms with Crippen molar-refractivity contribution in [1.82, 2.24) is 9.88 Å². The normalized spacial score (nSPS) is 16.3. The zero-order valence-electron chi connectivity index (χ0n) is 16.5. The summed E-state index contributed by atoms with van der Waals surface area (Å²) < 4.78 is 11.0. The van der Waals surface area contributed by atoms with Crippen molar-refractivity contribution in [2.75, 3.05) is 27.2 Å². The van der Waals surface area contributed by atoms with E-state index < -0.39 is 0 Å². The van der Waals surface area contributed by atoms with Crippen LogP contribution in [-0.2, 0) is 12.8 Å². The van der Waals surface area contributed by atoms with Crippen molar-refractivity contribution in [3.05, 3.63) is 69.8 Å². The van der Waals surface area contributed by atoms with Gasteiger partial charge in [0.1, 0.15) is 11.3 Å². The monoisotopic (exact) mass is 378 g/mol. The van der Waals surface area contributed by atoms with Crippen LogP contribution >= 0.6 is 0 Å². The maximum Gasteiger partial charge on any atom is 0.283 e. The Morgan fingerprint density at radius 2 is 2.18 bits per heavy atom. The summed E-state index contributed by atoms with van der Waals surface area (Å²) in [5, 5.41) is 0.535. The van der Waals surface area contributed by atoms with Crippen molar-refractivity contribution in [2.24, 2.45) is 0 Å². The standard InChI is InChI=1S/C23H26N2O3/c1-25(12-11-16-9-10-20-22(13-16)28-15-24-23(20)26)14-17-5-3-7-19-18(17)6-4-8-21(19)27-2/h4,6,8-10,13,15,17H,3,5,7,11-12,14H2,1-2H3. The van der Waals surface area contributed by atoms with Gasteiger partial charge < -0.3 is 14.1 Å². The van der Waals surface area contributed by atoms with E-state index in [0.717, 1.165) is 31.7 Å². The van der Waals surface area contributed by atoms with Crippen LogP contribution in [0.3, 0.4) is 0 Å². The van der Waals surface area contributed by atoms with Crippen molar-refractivity contribution >= 4 is 11.0 Å². The number of methoxy groups -OCH3 is 1. The molecule has 0 N–H and O–H groups in total. The van der Waals surface area contributed by atoms with Crippen LogP contribution in [0, 0.1) is 0 Å². The number of hydrogen-bond acceptors (Lipinski definition) is 5. The summed E-state index contributed by atoms with van der Waals surface area (Å²) >= 11 is 0. The van der Waals surface area contributed by atoms with Crippen LogP contribution in [0.5, 0.6) is 5.75 Å². The minimum atomic E-state index is -0.240. The van der Waals surface area contributed by atoms with Crippen molar-refractivity contribution in [3.63, 3.8) is 0 Å². The van der Waals surface area contributed by atoms with Gasteiger partial charge in [-0.15, -0.1) is 0 Å². The number of aromatic nitrogens is 1. The number of fused-ring (bicyclic) bond motifs is 2. The summed E-state index contributed by atoms with van der Waals surface area (Å²) in [5.74, 6) is 1.57. The third kappa shape index (κ3) is 3.80. The summed E-state index contributed by atoms with van der Waals surface area (Å²) in [6.45, 7) is 1.99. The molecule has 0 amide bonds. The Balaban J connectivity index is 1.42. The molecule has 0 fully saturated rings. The highest BCUT2D eigenvalue weighted by atomic mass is 16.5. The van der Waals surface area contributed by atoms with Gasteiger partial charge in [-0.3, -0.25) is 4.79 Å². The highest BCUT2D eigenvalue weighted by Crippen LogP contribution is 2.36. The molecule has 0 bridgehead atoms. The Labute approximate surface area is 165 Å². The van der Waals surface area contributed by atoms with Gasteiger partial charge in [0.15, 0.2) is 6.39 Å². The molecule has 5 nitrogen and oxygen atoms in total. The molecule has 1 aromatic heterocycles. The van der Waals surface area contributed by atoms with E-state index in [9.17, 15) is 4.79 Å². The smallest absolute Gasteiger partial charge is 0.283 e. The van der Waals surface area contributed by atoms with Crippen molar-refractivity contribution in [2.45, 2.75) is 31.6 Å². The molecule has 3 aromatic rings. The molecule has 1 unspecified atom stereocenters. The van der Waals surface area contributed by atoms with E-state index in [4.69, 9.17) is 9.15 Å². The molecule has 146 valence electrons. The van der Waals surface area contributed by atoms with E-state index in [-0.39, 0.29) is 5.56 Å². The first-order valence-corrected chi connectivity index (χ1v) is 9.86. The molecule has 0 spiro atoms. The second kappa shape index (κ2) is 8.15. The largest absolute Gasteiger partial charge is 0.496 e. The molecule has 5 heteroatoms. The molecule has 0 aliphatic heterocycles. The molecular formula is C23H26N2O3. The maximum atomic E-state index is 11.7. The first kappa shape index (κ1) is 18.7. The van der Waals surface area contributed by atoms with E-state index in [2.05, 4.69) is 35.1 Å². The van der Waals surface area contributed by atoms with Gasteiger partial charge >= 0.3 is 0 Å². The summed E-state index contributed by atoms with van der Waals surface area (Å²) in [4.78, 5) is 17.8. The number of hydrogen-bond donors (Lipinski definition) is 0. The van der Waals surface area contributed by atoms with Crippen LogP contribution in [0.15, 0.2) is 52.0 Å². The average molecular weight is 378 g/mol. The molecule has 1 aliphatic rings. The van der Waals surface area contributed by atoms with Crippen molar-refractivity contribution in [3.8, 4) is 5.75 Å². The van der Waals surface area contributed by atoms with Crippen LogP contribution in [0.2, 0.25) is 0 Å². The summed E-state index contributed by atoms with van der Waals surface area (Å²) in [6, 6.07) is 12.2. The second-order valence-electron chi connectivity index (χ2n) is 7.62. The fraction of sp³-hybridized carbons (Fsp3) is 0.391. The van der Waals surface area contributed by atoms with Crippen LogP contribution in [0.1, 0.15) is 35.4 Å². The average Bonchev–Trinajstić information content (AvgIpc) is 2.72. The van der Waals surface area contributed by atoms with Gasteiger partial charge in [0.2, 0.25) is 0 Å². The van der Waals surface area contributed by atoms with Gasteiger partial charge in [0.25, 0.3) is 5.56 Å². The SMILES string of the molecule is COc1cccc2c1CCCC2CN(C)CCc1ccc2c(=O)ncoc2c1. The summed E-state index contributed by atoms with van der Waals surface area (Å²) in [5.41, 5.74) is 4.36. The number of likely N-dealkylation sites (N-methyl/N-ethyl adjacent to an activating group) is 1. The number of rotatable bonds is 6. The highest BCUT2D eigenvalue weighted by molar-refractivity contribution is 5.75. The first-order chi connectivity index (χ1) is 13.7. The van der Waals surface area contributed by atoms with E-state index in [1.807, 2.05) is 18.2 Å². The quantitative estimate of drug-likeness (QED) is 0.653. The van der Waals surface area contributed by atoms with Gasteiger partial charge in [-0.05, 0) is 73.5 Å². The van der Waals surface area contributed by atoms with Crippen LogP contribution < -0.4 is 10.3 Å². The first-order valence-electron chi connectivity index (χ1n) is 9.86. The minimum Gasteiger partial charge on any atom is -0.496 e. The van der Waals surface area contributed by atoms with Crippen LogP contribution in [-0.4, -0.2) is 37.1 Å². The van der Waals surface area contributed by atoms with E-state index >= 15 is 0 Å². The van der Waals surface area contributed by atoms with E-state index in [0.29, 0.717) is 16.9 Å². The summed E-state index contributed by atoms with van der Waals surface area (Å²) in [6.07, 6.45) is 5.67. The number of ether oxygens (including phenoxy) is 1. The Hall–Kier alpha value is -2.66. The van der Waals surface area contributed by atoms with Gasteiger partial charge in [0, 0.05) is 13.1 Å². The molecule has 1 atom stereocenters. The zero-order valence-corrected chi connectivity index (χ0v) is 16.5. The molecule has 1 heterocycles. The Bertz CT molecular complexity index is 1030. The third-order valence-electron chi connectivity index (χ3n) is 5.75. The van der Waals surface area contributed by atoms with Gasteiger partial charge in [-0.2, -0.15) is 4.98 Å². The van der Waals surface area contributed by atoms with Crippen molar-refractivity contribution < 1.29 is 9.15 Å². The molecule has 0 radical (unpaired) electrons. The highest BCUT2D eigenvalue weighted by Gasteiger charge is 2.23. The van der Waals surface area contributed by atoms with Crippen LogP contribution in [0.4, 0.5) is 0 Å². The predicted molar refractivity (Wildman–Crippen MR) is 110 cm³/mol. The lowest BCUT2D eigenvalue weighted by molar-refractivity contribution is 0.299.